The minimum absolute atomic E-state index is 0.0101. The smallest absolute Gasteiger partial charge is 0.361 e. The molecule has 2 aromatic heterocycles. The third kappa shape index (κ3) is 6.93. The second-order valence-electron chi connectivity index (χ2n) is 9.87. The number of nitrogen functional groups attached to an aromatic ring is 1. The number of nitrogens with one attached hydrogen (secondary N) is 4. The number of anilines is 1. The van der Waals surface area contributed by atoms with Gasteiger partial charge in [0.15, 0.2) is 16.6 Å². The highest BCUT2D eigenvalue weighted by Crippen LogP contribution is 2.18. The van der Waals surface area contributed by atoms with Gasteiger partial charge in [0.1, 0.15) is 24.0 Å². The van der Waals surface area contributed by atoms with Crippen molar-refractivity contribution in [1.82, 2.24) is 39.6 Å². The molecule has 1 atom stereocenters. The van der Waals surface area contributed by atoms with E-state index in [-0.39, 0.29) is 15.8 Å². The van der Waals surface area contributed by atoms with Gasteiger partial charge in [-0.1, -0.05) is 5.16 Å². The van der Waals surface area contributed by atoms with Gasteiger partial charge >= 0.3 is 28.2 Å². The number of aliphatic carboxylic acids is 1. The third-order valence-electron chi connectivity index (χ3n) is 6.09. The second-order valence-corrected chi connectivity index (χ2v) is 12.3. The number of nitrogens with zero attached hydrogens (tertiary/aromatic N) is 5. The molecule has 2 saturated heterocycles. The minimum Gasteiger partial charge on any atom is -0.503 e. The molecule has 0 radical (unpaired) electrons. The van der Waals surface area contributed by atoms with E-state index >= 15 is 0 Å². The van der Waals surface area contributed by atoms with E-state index in [0.717, 1.165) is 31.4 Å². The number of carboxylic acids is 1. The molecule has 4 rings (SSSR count). The van der Waals surface area contributed by atoms with E-state index in [1.165, 1.54) is 10.1 Å². The number of likely N-dealkylation sites (tertiary alicyclic amines) is 1. The van der Waals surface area contributed by atoms with Crippen molar-refractivity contribution in [2.45, 2.75) is 25.5 Å². The molecule has 2 aromatic rings. The Bertz CT molecular complexity index is 1920. The summed E-state index contributed by atoms with van der Waals surface area (Å²) in [7, 11) is -5.30. The van der Waals surface area contributed by atoms with Gasteiger partial charge in [-0.25, -0.2) is 29.1 Å². The number of amides is 8. The van der Waals surface area contributed by atoms with Crippen LogP contribution in [0.3, 0.4) is 0 Å². The Morgan fingerprint density at radius 3 is 2.47 bits per heavy atom. The largest absolute Gasteiger partial charge is 0.503 e. The first-order chi connectivity index (χ1) is 21.8. The van der Waals surface area contributed by atoms with Crippen LogP contribution in [0.25, 0.3) is 0 Å². The van der Waals surface area contributed by atoms with Crippen LogP contribution in [0.15, 0.2) is 27.6 Å². The minimum atomic E-state index is -5.30. The molecule has 4 heterocycles. The first-order valence-electron chi connectivity index (χ1n) is 12.6. The van der Waals surface area contributed by atoms with Gasteiger partial charge in [-0.15, -0.1) is 15.6 Å². The number of β-lactam (4-membered cyclic amide) rings is 1. The molecule has 23 nitrogen and oxygen atoms in total. The highest BCUT2D eigenvalue weighted by molar-refractivity contribution is 7.88. The molecular weight excluding hydrogens is 676 g/mol. The van der Waals surface area contributed by atoms with Crippen LogP contribution in [-0.2, 0) is 34.2 Å². The van der Waals surface area contributed by atoms with E-state index < -0.39 is 103 Å². The number of hydrogen-bond donors (Lipinski definition) is 7. The number of pyridine rings is 1. The SMILES string of the molecule is CC(C)(ON=C(C(=O)NC1CN(C(=O)NS(=O)(=O)N2C(=O)CN(NC(=O)c3cc(=O)c(O)c[nH]3)C2=O)C1=O)c1csc(N)n1)C(=O)O. The molecule has 2 fully saturated rings. The van der Waals surface area contributed by atoms with E-state index in [2.05, 4.69) is 20.4 Å². The van der Waals surface area contributed by atoms with Crippen LogP contribution in [0, 0.1) is 0 Å². The maximum atomic E-state index is 12.9. The van der Waals surface area contributed by atoms with Crippen LogP contribution < -0.4 is 26.6 Å². The normalized spacial score (nSPS) is 16.9. The summed E-state index contributed by atoms with van der Waals surface area (Å²) >= 11 is 0.904. The molecule has 2 aliphatic rings. The van der Waals surface area contributed by atoms with Crippen LogP contribution in [-0.4, -0.2) is 115 Å². The number of hydrazine groups is 1. The molecule has 2 aliphatic heterocycles. The summed E-state index contributed by atoms with van der Waals surface area (Å²) in [5, 5.41) is 25.8. The standard InChI is InChI=1S/C22H22N10O13S2/c1-22(2,18(39)40)45-28-14(10-7-46-19(23)26-10)16(37)25-9-5-30(17(9)38)20(41)29-47(43,44)32-13(35)6-31(21(32)42)27-15(36)8-3-11(33)12(34)4-24-8/h3-4,7,9,34H,5-6H2,1-2H3,(H2,23,26)(H,24,33)(H,25,37)(H,27,36)(H,29,41)(H,39,40). The molecule has 0 aliphatic carbocycles. The van der Waals surface area contributed by atoms with E-state index in [1.807, 2.05) is 5.43 Å². The maximum Gasteiger partial charge on any atom is 0.361 e. The highest BCUT2D eigenvalue weighted by Gasteiger charge is 2.49. The lowest BCUT2D eigenvalue weighted by Gasteiger charge is -2.36. The van der Waals surface area contributed by atoms with E-state index in [4.69, 9.17) is 10.6 Å². The van der Waals surface area contributed by atoms with Gasteiger partial charge in [-0.2, -0.15) is 8.42 Å². The number of nitrogens with two attached hydrogens (primary N) is 1. The van der Waals surface area contributed by atoms with Crippen molar-refractivity contribution in [3.63, 3.8) is 0 Å². The third-order valence-corrected chi connectivity index (χ3v) is 8.04. The molecular formula is C22H22N10O13S2. The number of hydrogen-bond acceptors (Lipinski definition) is 16. The summed E-state index contributed by atoms with van der Waals surface area (Å²) in [5.74, 6) is -6.97. The van der Waals surface area contributed by atoms with Gasteiger partial charge in [-0.05, 0) is 13.8 Å². The first kappa shape index (κ1) is 33.8. The van der Waals surface area contributed by atoms with Crippen molar-refractivity contribution in [2.75, 3.05) is 18.8 Å². The summed E-state index contributed by atoms with van der Waals surface area (Å²) in [6.45, 7) is 0.665. The zero-order chi connectivity index (χ0) is 35.0. The number of thiazole rings is 1. The topological polar surface area (TPSA) is 333 Å². The van der Waals surface area contributed by atoms with Crippen molar-refractivity contribution >= 4 is 74.0 Å². The number of rotatable bonds is 10. The quantitative estimate of drug-likeness (QED) is 0.0550. The Morgan fingerprint density at radius 1 is 1.21 bits per heavy atom. The highest BCUT2D eigenvalue weighted by atomic mass is 32.2. The number of carboxylic acid groups (broad SMARTS) is 1. The fourth-order valence-corrected chi connectivity index (χ4v) is 5.14. The van der Waals surface area contributed by atoms with Crippen LogP contribution in [0.1, 0.15) is 30.0 Å². The molecule has 250 valence electrons. The molecule has 0 saturated carbocycles. The number of H-pyrrole nitrogens is 1. The van der Waals surface area contributed by atoms with Crippen molar-refractivity contribution < 1.29 is 57.0 Å². The summed E-state index contributed by atoms with van der Waals surface area (Å²) in [6, 6.07) is -4.00. The molecule has 8 N–H and O–H groups in total. The number of oxime groups is 1. The predicted molar refractivity (Wildman–Crippen MR) is 152 cm³/mol. The lowest BCUT2D eigenvalue weighted by atomic mass is 10.1. The fourth-order valence-electron chi connectivity index (χ4n) is 3.54. The number of aromatic amines is 1. The summed E-state index contributed by atoms with van der Waals surface area (Å²) in [5.41, 5.74) is 3.44. The molecule has 1 unspecified atom stereocenters. The van der Waals surface area contributed by atoms with Crippen LogP contribution in [0.4, 0.5) is 14.7 Å². The van der Waals surface area contributed by atoms with E-state index in [1.54, 1.807) is 0 Å². The number of aromatic nitrogens is 2. The Balaban J connectivity index is 1.38. The van der Waals surface area contributed by atoms with Crippen molar-refractivity contribution in [3.05, 3.63) is 39.3 Å². The maximum absolute atomic E-state index is 12.9. The lowest BCUT2D eigenvalue weighted by Crippen LogP contribution is -2.68. The van der Waals surface area contributed by atoms with Gasteiger partial charge in [0.2, 0.25) is 11.0 Å². The Labute approximate surface area is 265 Å². The van der Waals surface area contributed by atoms with Crippen molar-refractivity contribution in [3.8, 4) is 5.75 Å². The van der Waals surface area contributed by atoms with Crippen LogP contribution in [0.2, 0.25) is 0 Å². The van der Waals surface area contributed by atoms with E-state index in [9.17, 15) is 57.0 Å². The van der Waals surface area contributed by atoms with Crippen molar-refractivity contribution in [2.24, 2.45) is 5.16 Å². The predicted octanol–water partition coefficient (Wildman–Crippen LogP) is -3.41. The van der Waals surface area contributed by atoms with E-state index in [0.29, 0.717) is 11.0 Å². The average molecular weight is 699 g/mol. The molecule has 0 spiro atoms. The second kappa shape index (κ2) is 12.4. The Kier molecular flexibility index (Phi) is 8.88. The van der Waals surface area contributed by atoms with Gasteiger partial charge in [0.25, 0.3) is 23.6 Å². The summed E-state index contributed by atoms with van der Waals surface area (Å²) in [4.78, 5) is 110. The zero-order valence-corrected chi connectivity index (χ0v) is 25.4. The van der Waals surface area contributed by atoms with Gasteiger partial charge in [-0.3, -0.25) is 34.3 Å². The van der Waals surface area contributed by atoms with Crippen LogP contribution >= 0.6 is 11.3 Å². The number of imide groups is 2. The van der Waals surface area contributed by atoms with Gasteiger partial charge in [0.05, 0.1) is 6.54 Å². The number of carbonyl (C=O) groups excluding carboxylic acids is 6. The average Bonchev–Trinajstić information content (AvgIpc) is 3.52. The summed E-state index contributed by atoms with van der Waals surface area (Å²) < 4.78 is 26.5. The lowest BCUT2D eigenvalue weighted by molar-refractivity contribution is -0.161. The monoisotopic (exact) mass is 698 g/mol. The zero-order valence-electron chi connectivity index (χ0n) is 23.7. The van der Waals surface area contributed by atoms with Gasteiger partial charge in [0, 0.05) is 17.6 Å². The first-order valence-corrected chi connectivity index (χ1v) is 14.9. The number of carbonyl (C=O) groups is 7. The molecule has 0 aromatic carbocycles. The Hall–Kier alpha value is -6.11. The van der Waals surface area contributed by atoms with Crippen LogP contribution in [0.5, 0.6) is 5.75 Å². The molecule has 0 bridgehead atoms. The number of aromatic hydroxyl groups is 1. The number of urea groups is 2. The van der Waals surface area contributed by atoms with Gasteiger partial charge < -0.3 is 31.1 Å². The molecule has 47 heavy (non-hydrogen) atoms. The Morgan fingerprint density at radius 2 is 1.89 bits per heavy atom. The summed E-state index contributed by atoms with van der Waals surface area (Å²) in [6.07, 6.45) is 0.773. The van der Waals surface area contributed by atoms with Crippen molar-refractivity contribution in [1.29, 1.82) is 0 Å². The fraction of sp³-hybridized carbons (Fsp3) is 0.273. The molecule has 25 heteroatoms. The molecule has 8 amide bonds.